The molecule has 0 radical (unpaired) electrons. The van der Waals surface area contributed by atoms with Crippen molar-refractivity contribution in [2.24, 2.45) is 5.92 Å². The molecule has 4 heteroatoms. The number of nitrogens with one attached hydrogen (secondary N) is 1. The number of anilines is 2. The highest BCUT2D eigenvalue weighted by atomic mass is 16.1. The molecule has 0 saturated carbocycles. The summed E-state index contributed by atoms with van der Waals surface area (Å²) in [5.74, 6) is 0.746. The summed E-state index contributed by atoms with van der Waals surface area (Å²) < 4.78 is 0. The topological polar surface area (TPSA) is 35.6 Å². The number of carbonyl (C=O) groups is 1. The molecular formula is C19H31N3O. The van der Waals surface area contributed by atoms with E-state index in [0.717, 1.165) is 30.9 Å². The average molecular weight is 317 g/mol. The molecule has 1 rings (SSSR count). The second-order valence-electron chi connectivity index (χ2n) is 6.55. The van der Waals surface area contributed by atoms with E-state index in [4.69, 9.17) is 0 Å². The number of carbonyl (C=O) groups excluding carboxylic acids is 1. The molecule has 1 aromatic carbocycles. The summed E-state index contributed by atoms with van der Waals surface area (Å²) in [4.78, 5) is 15.7. The Morgan fingerprint density at radius 1 is 1.26 bits per heavy atom. The minimum atomic E-state index is 0.0605. The molecule has 0 heterocycles. The lowest BCUT2D eigenvalue weighted by atomic mass is 10.1. The van der Waals surface area contributed by atoms with E-state index >= 15 is 0 Å². The highest BCUT2D eigenvalue weighted by molar-refractivity contribution is 5.91. The van der Waals surface area contributed by atoms with Crippen LogP contribution in [0.15, 0.2) is 24.3 Å². The molecule has 0 aliphatic rings. The number of hydrogen-bond donors (Lipinski definition) is 1. The van der Waals surface area contributed by atoms with Crippen LogP contribution in [-0.4, -0.2) is 51.5 Å². The highest BCUT2D eigenvalue weighted by Gasteiger charge is 2.09. The van der Waals surface area contributed by atoms with Crippen LogP contribution in [0.3, 0.4) is 0 Å². The summed E-state index contributed by atoms with van der Waals surface area (Å²) in [5.41, 5.74) is 3.27. The molecule has 0 saturated heterocycles. The van der Waals surface area contributed by atoms with Crippen LogP contribution in [0.1, 0.15) is 26.3 Å². The van der Waals surface area contributed by atoms with Crippen LogP contribution < -0.4 is 10.2 Å². The van der Waals surface area contributed by atoms with Crippen LogP contribution in [0.25, 0.3) is 6.08 Å². The monoisotopic (exact) mass is 317 g/mol. The van der Waals surface area contributed by atoms with Crippen molar-refractivity contribution in [2.75, 3.05) is 51.0 Å². The van der Waals surface area contributed by atoms with Gasteiger partial charge in [0.15, 0.2) is 5.78 Å². The van der Waals surface area contributed by atoms with Crippen LogP contribution >= 0.6 is 0 Å². The second kappa shape index (κ2) is 9.36. The standard InChI is InChI=1S/C19H31N3O/c1-15(2)14-21(5)11-12-22(6)19-10-9-17(8-7-16(3)23)13-18(19)20-4/h7-10,13,15,20H,11-12,14H2,1-6H3/b8-7+. The van der Waals surface area contributed by atoms with E-state index in [0.29, 0.717) is 5.92 Å². The molecule has 0 spiro atoms. The Kier molecular flexibility index (Phi) is 7.83. The van der Waals surface area contributed by atoms with E-state index in [1.807, 2.05) is 19.2 Å². The largest absolute Gasteiger partial charge is 0.386 e. The normalized spacial score (nSPS) is 11.5. The second-order valence-corrected chi connectivity index (χ2v) is 6.55. The first kappa shape index (κ1) is 19.2. The first-order valence-electron chi connectivity index (χ1n) is 8.23. The van der Waals surface area contributed by atoms with Crippen molar-refractivity contribution in [1.82, 2.24) is 4.90 Å². The molecule has 4 nitrogen and oxygen atoms in total. The molecule has 0 aromatic heterocycles. The van der Waals surface area contributed by atoms with Gasteiger partial charge in [-0.15, -0.1) is 0 Å². The number of benzene rings is 1. The summed E-state index contributed by atoms with van der Waals surface area (Å²) in [6.45, 7) is 9.16. The molecule has 23 heavy (non-hydrogen) atoms. The first-order valence-corrected chi connectivity index (χ1v) is 8.23. The maximum absolute atomic E-state index is 11.1. The lowest BCUT2D eigenvalue weighted by Gasteiger charge is -2.26. The van der Waals surface area contributed by atoms with E-state index in [-0.39, 0.29) is 5.78 Å². The minimum Gasteiger partial charge on any atom is -0.386 e. The zero-order chi connectivity index (χ0) is 17.4. The van der Waals surface area contributed by atoms with Crippen LogP contribution in [-0.2, 0) is 4.79 Å². The number of nitrogens with zero attached hydrogens (tertiary/aromatic N) is 2. The van der Waals surface area contributed by atoms with Gasteiger partial charge in [0.25, 0.3) is 0 Å². The highest BCUT2D eigenvalue weighted by Crippen LogP contribution is 2.26. The molecule has 0 aliphatic carbocycles. The molecular weight excluding hydrogens is 286 g/mol. The summed E-state index contributed by atoms with van der Waals surface area (Å²) >= 11 is 0. The maximum Gasteiger partial charge on any atom is 0.152 e. The third kappa shape index (κ3) is 6.87. The molecule has 0 aliphatic heterocycles. The van der Waals surface area contributed by atoms with E-state index < -0.39 is 0 Å². The number of allylic oxidation sites excluding steroid dienone is 1. The predicted molar refractivity (Wildman–Crippen MR) is 101 cm³/mol. The van der Waals surface area contributed by atoms with E-state index in [9.17, 15) is 4.79 Å². The van der Waals surface area contributed by atoms with Gasteiger partial charge in [-0.2, -0.15) is 0 Å². The number of hydrogen-bond acceptors (Lipinski definition) is 4. The van der Waals surface area contributed by atoms with Crippen molar-refractivity contribution in [3.05, 3.63) is 29.8 Å². The average Bonchev–Trinajstić information content (AvgIpc) is 2.49. The Hall–Kier alpha value is -1.81. The third-order valence-electron chi connectivity index (χ3n) is 3.71. The molecule has 0 bridgehead atoms. The third-order valence-corrected chi connectivity index (χ3v) is 3.71. The Morgan fingerprint density at radius 2 is 1.96 bits per heavy atom. The lowest BCUT2D eigenvalue weighted by molar-refractivity contribution is -0.112. The van der Waals surface area contributed by atoms with Gasteiger partial charge in [-0.3, -0.25) is 4.79 Å². The molecule has 0 amide bonds. The van der Waals surface area contributed by atoms with Gasteiger partial charge in [-0.25, -0.2) is 0 Å². The minimum absolute atomic E-state index is 0.0605. The summed E-state index contributed by atoms with van der Waals surface area (Å²) in [6, 6.07) is 6.22. The summed E-state index contributed by atoms with van der Waals surface area (Å²) in [7, 11) is 6.21. The zero-order valence-electron chi connectivity index (χ0n) is 15.4. The van der Waals surface area contributed by atoms with Crippen LogP contribution in [0.2, 0.25) is 0 Å². The molecule has 0 fully saturated rings. The maximum atomic E-state index is 11.1. The SMILES string of the molecule is CNc1cc(/C=C/C(C)=O)ccc1N(C)CCN(C)CC(C)C. The van der Waals surface area contributed by atoms with Crippen molar-refractivity contribution in [3.8, 4) is 0 Å². The van der Waals surface area contributed by atoms with Gasteiger partial charge >= 0.3 is 0 Å². The van der Waals surface area contributed by atoms with Gasteiger partial charge in [0.1, 0.15) is 0 Å². The molecule has 0 atom stereocenters. The lowest BCUT2D eigenvalue weighted by Crippen LogP contribution is -2.33. The Bertz CT molecular complexity index is 537. The van der Waals surface area contributed by atoms with Gasteiger partial charge in [0.05, 0.1) is 11.4 Å². The first-order chi connectivity index (χ1) is 10.8. The van der Waals surface area contributed by atoms with Crippen molar-refractivity contribution >= 4 is 23.2 Å². The quantitative estimate of drug-likeness (QED) is 0.709. The van der Waals surface area contributed by atoms with Gasteiger partial charge < -0.3 is 15.1 Å². The molecule has 1 N–H and O–H groups in total. The van der Waals surface area contributed by atoms with Gasteiger partial charge in [0, 0.05) is 33.7 Å². The van der Waals surface area contributed by atoms with Gasteiger partial charge in [0.2, 0.25) is 0 Å². The number of likely N-dealkylation sites (N-methyl/N-ethyl adjacent to an activating group) is 2. The van der Waals surface area contributed by atoms with Crippen molar-refractivity contribution in [1.29, 1.82) is 0 Å². The predicted octanol–water partition coefficient (Wildman–Crippen LogP) is 3.35. The fourth-order valence-electron chi connectivity index (χ4n) is 2.56. The molecule has 1 aromatic rings. The summed E-state index contributed by atoms with van der Waals surface area (Å²) in [6.07, 6.45) is 3.45. The van der Waals surface area contributed by atoms with Gasteiger partial charge in [-0.05, 0) is 43.7 Å². The van der Waals surface area contributed by atoms with Crippen molar-refractivity contribution in [2.45, 2.75) is 20.8 Å². The smallest absolute Gasteiger partial charge is 0.152 e. The zero-order valence-corrected chi connectivity index (χ0v) is 15.4. The van der Waals surface area contributed by atoms with Crippen LogP contribution in [0.5, 0.6) is 0 Å². The fourth-order valence-corrected chi connectivity index (χ4v) is 2.56. The molecule has 128 valence electrons. The Morgan fingerprint density at radius 3 is 2.52 bits per heavy atom. The molecule has 0 unspecified atom stereocenters. The van der Waals surface area contributed by atoms with Crippen LogP contribution in [0.4, 0.5) is 11.4 Å². The van der Waals surface area contributed by atoms with Gasteiger partial charge in [-0.1, -0.05) is 26.0 Å². The van der Waals surface area contributed by atoms with Crippen molar-refractivity contribution in [3.63, 3.8) is 0 Å². The Balaban J connectivity index is 2.76. The van der Waals surface area contributed by atoms with E-state index in [1.165, 1.54) is 5.69 Å². The fraction of sp³-hybridized carbons (Fsp3) is 0.526. The summed E-state index contributed by atoms with van der Waals surface area (Å²) in [5, 5.41) is 3.25. The number of ketones is 1. The van der Waals surface area contributed by atoms with Crippen molar-refractivity contribution < 1.29 is 4.79 Å². The van der Waals surface area contributed by atoms with E-state index in [2.05, 4.69) is 55.2 Å². The van der Waals surface area contributed by atoms with Crippen LogP contribution in [0, 0.1) is 5.92 Å². The number of rotatable bonds is 9. The van der Waals surface area contributed by atoms with E-state index in [1.54, 1.807) is 13.0 Å². The Labute approximate surface area is 141 Å².